The number of rotatable bonds is 6. The molecule has 3 N–H and O–H groups in total. The molecular formula is C15H16ClNO3S. The number of thiophene rings is 1. The fourth-order valence-electron chi connectivity index (χ4n) is 1.95. The fourth-order valence-corrected chi connectivity index (χ4v) is 2.90. The summed E-state index contributed by atoms with van der Waals surface area (Å²) in [4.78, 5) is 12.5. The molecule has 1 heterocycles. The van der Waals surface area contributed by atoms with Crippen LogP contribution in [0, 0.1) is 0 Å². The smallest absolute Gasteiger partial charge is 0.261 e. The Labute approximate surface area is 132 Å². The molecule has 112 valence electrons. The Hall–Kier alpha value is -1.40. The molecule has 0 aliphatic rings. The lowest BCUT2D eigenvalue weighted by Crippen LogP contribution is -2.38. The average Bonchev–Trinajstić information content (AvgIpc) is 2.94. The predicted molar refractivity (Wildman–Crippen MR) is 83.7 cm³/mol. The van der Waals surface area contributed by atoms with Crippen molar-refractivity contribution in [3.63, 3.8) is 0 Å². The number of carbonyl (C=O) groups excluding carboxylic acids is 1. The van der Waals surface area contributed by atoms with E-state index in [2.05, 4.69) is 5.32 Å². The van der Waals surface area contributed by atoms with Gasteiger partial charge in [0.25, 0.3) is 5.91 Å². The van der Waals surface area contributed by atoms with Crippen LogP contribution in [0.15, 0.2) is 42.5 Å². The summed E-state index contributed by atoms with van der Waals surface area (Å²) in [5.41, 5.74) is 0.754. The third-order valence-electron chi connectivity index (χ3n) is 3.04. The highest BCUT2D eigenvalue weighted by Gasteiger charge is 2.19. The fraction of sp³-hybridized carbons (Fsp3) is 0.267. The van der Waals surface area contributed by atoms with Crippen molar-refractivity contribution in [1.82, 2.24) is 5.32 Å². The molecule has 0 spiro atoms. The lowest BCUT2D eigenvalue weighted by Gasteiger charge is -2.19. The Kier molecular flexibility index (Phi) is 5.76. The van der Waals surface area contributed by atoms with Crippen LogP contribution in [-0.2, 0) is 0 Å². The third kappa shape index (κ3) is 4.54. The zero-order chi connectivity index (χ0) is 15.2. The summed E-state index contributed by atoms with van der Waals surface area (Å²) in [5, 5.41) is 22.2. The molecule has 1 amide bonds. The number of hydrogen-bond donors (Lipinski definition) is 3. The van der Waals surface area contributed by atoms with Crippen molar-refractivity contribution >= 4 is 28.8 Å². The van der Waals surface area contributed by atoms with Crippen LogP contribution in [0.2, 0.25) is 4.34 Å². The molecular weight excluding hydrogens is 310 g/mol. The molecule has 2 atom stereocenters. The first kappa shape index (κ1) is 16.0. The molecule has 2 aromatic rings. The number of halogens is 1. The van der Waals surface area contributed by atoms with Gasteiger partial charge in [0.15, 0.2) is 0 Å². The van der Waals surface area contributed by atoms with Crippen LogP contribution in [0.1, 0.15) is 27.8 Å². The molecule has 0 radical (unpaired) electrons. The van der Waals surface area contributed by atoms with Gasteiger partial charge in [0, 0.05) is 0 Å². The third-order valence-corrected chi connectivity index (χ3v) is 4.27. The summed E-state index contributed by atoms with van der Waals surface area (Å²) in [7, 11) is 0. The molecule has 1 aromatic carbocycles. The maximum absolute atomic E-state index is 12.0. The van der Waals surface area contributed by atoms with E-state index >= 15 is 0 Å². The van der Waals surface area contributed by atoms with Gasteiger partial charge in [0.05, 0.1) is 28.0 Å². The highest BCUT2D eigenvalue weighted by molar-refractivity contribution is 7.17. The summed E-state index contributed by atoms with van der Waals surface area (Å²) < 4.78 is 0.532. The highest BCUT2D eigenvalue weighted by atomic mass is 35.5. The Morgan fingerprint density at radius 3 is 2.52 bits per heavy atom. The maximum atomic E-state index is 12.0. The van der Waals surface area contributed by atoms with Crippen molar-refractivity contribution in [2.75, 3.05) is 6.61 Å². The number of benzene rings is 1. The van der Waals surface area contributed by atoms with Gasteiger partial charge >= 0.3 is 0 Å². The number of aliphatic hydroxyl groups excluding tert-OH is 2. The second kappa shape index (κ2) is 7.56. The summed E-state index contributed by atoms with van der Waals surface area (Å²) in [5.74, 6) is -0.300. The summed E-state index contributed by atoms with van der Waals surface area (Å²) in [6, 6.07) is 11.9. The molecule has 0 unspecified atom stereocenters. The quantitative estimate of drug-likeness (QED) is 0.764. The van der Waals surface area contributed by atoms with Crippen molar-refractivity contribution in [2.45, 2.75) is 18.6 Å². The minimum Gasteiger partial charge on any atom is -0.394 e. The first-order valence-electron chi connectivity index (χ1n) is 6.50. The van der Waals surface area contributed by atoms with Gasteiger partial charge in [-0.3, -0.25) is 4.79 Å². The summed E-state index contributed by atoms with van der Waals surface area (Å²) in [6.07, 6.45) is -0.499. The Morgan fingerprint density at radius 2 is 1.95 bits per heavy atom. The topological polar surface area (TPSA) is 69.6 Å². The largest absolute Gasteiger partial charge is 0.394 e. The van der Waals surface area contributed by atoms with Crippen molar-refractivity contribution in [1.29, 1.82) is 0 Å². The van der Waals surface area contributed by atoms with E-state index in [4.69, 9.17) is 11.6 Å². The van der Waals surface area contributed by atoms with Gasteiger partial charge in [-0.1, -0.05) is 41.9 Å². The highest BCUT2D eigenvalue weighted by Crippen LogP contribution is 2.22. The average molecular weight is 326 g/mol. The maximum Gasteiger partial charge on any atom is 0.261 e. The van der Waals surface area contributed by atoms with Crippen LogP contribution in [-0.4, -0.2) is 28.8 Å². The van der Waals surface area contributed by atoms with Crippen LogP contribution < -0.4 is 5.32 Å². The van der Waals surface area contributed by atoms with E-state index in [9.17, 15) is 15.0 Å². The Bertz CT molecular complexity index is 588. The van der Waals surface area contributed by atoms with Crippen molar-refractivity contribution < 1.29 is 15.0 Å². The molecule has 0 aliphatic heterocycles. The molecule has 0 saturated heterocycles. The van der Waals surface area contributed by atoms with E-state index in [1.54, 1.807) is 24.3 Å². The van der Waals surface area contributed by atoms with E-state index < -0.39 is 12.1 Å². The summed E-state index contributed by atoms with van der Waals surface area (Å²) in [6.45, 7) is -0.241. The van der Waals surface area contributed by atoms with Crippen molar-refractivity contribution in [3.05, 3.63) is 57.2 Å². The van der Waals surface area contributed by atoms with Gasteiger partial charge in [-0.2, -0.15) is 0 Å². The molecule has 2 rings (SSSR count). The van der Waals surface area contributed by atoms with Crippen LogP contribution in [0.3, 0.4) is 0 Å². The predicted octanol–water partition coefficient (Wildman–Crippen LogP) is 2.62. The number of carbonyl (C=O) groups is 1. The van der Waals surface area contributed by atoms with Gasteiger partial charge in [-0.05, 0) is 24.1 Å². The molecule has 4 nitrogen and oxygen atoms in total. The zero-order valence-electron chi connectivity index (χ0n) is 11.2. The number of hydrogen-bond acceptors (Lipinski definition) is 4. The van der Waals surface area contributed by atoms with Gasteiger partial charge in [0.1, 0.15) is 0 Å². The van der Waals surface area contributed by atoms with Gasteiger partial charge < -0.3 is 15.5 Å². The molecule has 6 heteroatoms. The van der Waals surface area contributed by atoms with Gasteiger partial charge in [-0.25, -0.2) is 0 Å². The molecule has 0 bridgehead atoms. The van der Waals surface area contributed by atoms with Crippen molar-refractivity contribution in [3.8, 4) is 0 Å². The van der Waals surface area contributed by atoms with Crippen LogP contribution in [0.5, 0.6) is 0 Å². The minimum absolute atomic E-state index is 0.241. The zero-order valence-corrected chi connectivity index (χ0v) is 12.8. The van der Waals surface area contributed by atoms with Crippen LogP contribution in [0.25, 0.3) is 0 Å². The van der Waals surface area contributed by atoms with Crippen molar-refractivity contribution in [2.24, 2.45) is 0 Å². The molecule has 0 saturated carbocycles. The lowest BCUT2D eigenvalue weighted by atomic mass is 10.0. The van der Waals surface area contributed by atoms with Gasteiger partial charge in [0.2, 0.25) is 0 Å². The first-order valence-corrected chi connectivity index (χ1v) is 7.69. The van der Waals surface area contributed by atoms with Gasteiger partial charge in [-0.15, -0.1) is 11.3 Å². The standard InChI is InChI=1S/C15H16ClNO3S/c16-14-7-6-13(21-14)15(20)17-11(9-18)8-12(19)10-4-2-1-3-5-10/h1-7,11-12,18-19H,8-9H2,(H,17,20)/t11-,12-/m1/s1. The number of nitrogens with one attached hydrogen (secondary N) is 1. The van der Waals surface area contributed by atoms with E-state index in [0.29, 0.717) is 9.21 Å². The first-order chi connectivity index (χ1) is 10.1. The Morgan fingerprint density at radius 1 is 1.24 bits per heavy atom. The molecule has 21 heavy (non-hydrogen) atoms. The minimum atomic E-state index is -0.740. The normalized spacial score (nSPS) is 13.7. The molecule has 0 fully saturated rings. The lowest BCUT2D eigenvalue weighted by molar-refractivity contribution is 0.0869. The Balaban J connectivity index is 1.95. The number of aliphatic hydroxyl groups is 2. The molecule has 0 aliphatic carbocycles. The van der Waals surface area contributed by atoms with Crippen LogP contribution >= 0.6 is 22.9 Å². The molecule has 1 aromatic heterocycles. The summed E-state index contributed by atoms with van der Waals surface area (Å²) >= 11 is 6.96. The second-order valence-electron chi connectivity index (χ2n) is 4.62. The van der Waals surface area contributed by atoms with E-state index in [1.165, 1.54) is 11.3 Å². The SMILES string of the molecule is O=C(N[C@@H](CO)C[C@@H](O)c1ccccc1)c1ccc(Cl)s1. The van der Waals surface area contributed by atoms with E-state index in [0.717, 1.165) is 5.56 Å². The van der Waals surface area contributed by atoms with E-state index in [1.807, 2.05) is 18.2 Å². The van der Waals surface area contributed by atoms with Crippen LogP contribution in [0.4, 0.5) is 0 Å². The van der Waals surface area contributed by atoms with E-state index in [-0.39, 0.29) is 18.9 Å². The monoisotopic (exact) mass is 325 g/mol. The second-order valence-corrected chi connectivity index (χ2v) is 6.33. The number of amides is 1.